The maximum absolute atomic E-state index is 12.8. The second kappa shape index (κ2) is 8.61. The molecule has 1 aliphatic carbocycles. The largest absolute Gasteiger partial charge is 0.370 e. The molecule has 3 aliphatic rings. The molecule has 1 aromatic carbocycles. The van der Waals surface area contributed by atoms with Crippen molar-refractivity contribution in [3.63, 3.8) is 0 Å². The fourth-order valence-electron chi connectivity index (χ4n) is 4.87. The van der Waals surface area contributed by atoms with Crippen molar-refractivity contribution >= 4 is 44.7 Å². The third-order valence-corrected chi connectivity index (χ3v) is 11.5. The fourth-order valence-corrected chi connectivity index (χ4v) is 8.81. The van der Waals surface area contributed by atoms with Gasteiger partial charge in [-0.25, -0.2) is 8.42 Å². The first kappa shape index (κ1) is 21.6. The molecule has 0 atom stereocenters. The van der Waals surface area contributed by atoms with E-state index in [1.165, 1.54) is 60.2 Å². The topological polar surface area (TPSA) is 52.7 Å². The number of anilines is 2. The van der Waals surface area contributed by atoms with Crippen molar-refractivity contribution < 1.29 is 8.42 Å². The molecule has 0 unspecified atom stereocenters. The van der Waals surface area contributed by atoms with Gasteiger partial charge in [0.15, 0.2) is 0 Å². The van der Waals surface area contributed by atoms with Gasteiger partial charge in [-0.15, -0.1) is 11.3 Å². The molecule has 1 aromatic heterocycles. The van der Waals surface area contributed by atoms with Crippen LogP contribution in [0.4, 0.5) is 11.4 Å². The van der Waals surface area contributed by atoms with Gasteiger partial charge in [-0.1, -0.05) is 19.1 Å². The third kappa shape index (κ3) is 4.36. The third-order valence-electron chi connectivity index (χ3n) is 7.08. The first-order valence-electron chi connectivity index (χ1n) is 11.4. The Hall–Kier alpha value is -1.22. The van der Waals surface area contributed by atoms with Crippen LogP contribution in [0.1, 0.15) is 51.0 Å². The van der Waals surface area contributed by atoms with E-state index >= 15 is 0 Å². The molecule has 31 heavy (non-hydrogen) atoms. The number of benzene rings is 1. The van der Waals surface area contributed by atoms with Crippen molar-refractivity contribution in [2.45, 2.75) is 60.3 Å². The normalized spacial score (nSPS) is 21.0. The van der Waals surface area contributed by atoms with E-state index in [4.69, 9.17) is 0 Å². The van der Waals surface area contributed by atoms with Crippen LogP contribution in [0.5, 0.6) is 0 Å². The molecule has 0 amide bonds. The average Bonchev–Trinajstić information content (AvgIpc) is 3.20. The van der Waals surface area contributed by atoms with Gasteiger partial charge in [0.25, 0.3) is 10.0 Å². The SMILES string of the molecule is CCc1cccc(NSc2ccc(S(=O)(=O)N3CCCC3)s2)c1N1CCC2(CC1)CC2. The number of rotatable bonds is 7. The predicted molar refractivity (Wildman–Crippen MR) is 131 cm³/mol. The van der Waals surface area contributed by atoms with E-state index in [0.29, 0.717) is 22.7 Å². The highest BCUT2D eigenvalue weighted by molar-refractivity contribution is 8.02. The minimum atomic E-state index is -3.34. The summed E-state index contributed by atoms with van der Waals surface area (Å²) in [5.74, 6) is 0. The van der Waals surface area contributed by atoms with E-state index in [-0.39, 0.29) is 0 Å². The maximum Gasteiger partial charge on any atom is 0.252 e. The van der Waals surface area contributed by atoms with Crippen LogP contribution in [0.25, 0.3) is 0 Å². The van der Waals surface area contributed by atoms with Crippen LogP contribution in [0.15, 0.2) is 38.8 Å². The second-order valence-electron chi connectivity index (χ2n) is 9.04. The number of thiophene rings is 1. The first-order chi connectivity index (χ1) is 15.0. The van der Waals surface area contributed by atoms with E-state index in [1.807, 2.05) is 6.07 Å². The van der Waals surface area contributed by atoms with Gasteiger partial charge in [-0.05, 0) is 86.1 Å². The summed E-state index contributed by atoms with van der Waals surface area (Å²) >= 11 is 2.88. The Morgan fingerprint density at radius 3 is 2.45 bits per heavy atom. The van der Waals surface area contributed by atoms with E-state index < -0.39 is 10.0 Å². The number of sulfonamides is 1. The lowest BCUT2D eigenvalue weighted by atomic mass is 9.92. The van der Waals surface area contributed by atoms with E-state index in [1.54, 1.807) is 10.4 Å². The molecule has 3 fully saturated rings. The molecule has 0 radical (unpaired) electrons. The Balaban J connectivity index is 1.31. The van der Waals surface area contributed by atoms with Crippen LogP contribution in [0.2, 0.25) is 0 Å². The highest BCUT2D eigenvalue weighted by Crippen LogP contribution is 2.54. The summed E-state index contributed by atoms with van der Waals surface area (Å²) in [7, 11) is -3.34. The summed E-state index contributed by atoms with van der Waals surface area (Å²) < 4.78 is 32.2. The molecule has 1 N–H and O–H groups in total. The van der Waals surface area contributed by atoms with Crippen molar-refractivity contribution in [1.82, 2.24) is 4.31 Å². The number of aryl methyl sites for hydroxylation is 1. The number of hydrogen-bond acceptors (Lipinski definition) is 6. The van der Waals surface area contributed by atoms with Gasteiger partial charge in [0, 0.05) is 26.2 Å². The van der Waals surface area contributed by atoms with Gasteiger partial charge in [0.05, 0.1) is 15.6 Å². The predicted octanol–water partition coefficient (Wildman–Crippen LogP) is 5.59. The van der Waals surface area contributed by atoms with Crippen molar-refractivity contribution in [2.24, 2.45) is 5.41 Å². The molecular formula is C23H31N3O2S3. The van der Waals surface area contributed by atoms with Crippen molar-refractivity contribution in [2.75, 3.05) is 35.8 Å². The number of hydrogen-bond donors (Lipinski definition) is 1. The number of nitrogens with zero attached hydrogens (tertiary/aromatic N) is 2. The minimum absolute atomic E-state index is 0.451. The highest BCUT2D eigenvalue weighted by Gasteiger charge is 2.44. The van der Waals surface area contributed by atoms with E-state index in [2.05, 4.69) is 34.7 Å². The van der Waals surface area contributed by atoms with Crippen LogP contribution in [-0.2, 0) is 16.4 Å². The maximum atomic E-state index is 12.8. The molecule has 168 valence electrons. The molecule has 1 saturated carbocycles. The van der Waals surface area contributed by atoms with Gasteiger partial charge in [0.1, 0.15) is 4.21 Å². The molecule has 2 saturated heterocycles. The Bertz CT molecular complexity index is 1030. The zero-order valence-corrected chi connectivity index (χ0v) is 20.6. The Kier molecular flexibility index (Phi) is 6.01. The first-order valence-corrected chi connectivity index (χ1v) is 14.5. The molecule has 3 heterocycles. The van der Waals surface area contributed by atoms with Crippen LogP contribution >= 0.6 is 23.3 Å². The smallest absolute Gasteiger partial charge is 0.252 e. The molecule has 8 heteroatoms. The van der Waals surface area contributed by atoms with E-state index in [9.17, 15) is 8.42 Å². The summed E-state index contributed by atoms with van der Waals surface area (Å²) in [6, 6.07) is 10.2. The van der Waals surface area contributed by atoms with Crippen LogP contribution in [0, 0.1) is 5.41 Å². The van der Waals surface area contributed by atoms with E-state index in [0.717, 1.165) is 42.2 Å². The van der Waals surface area contributed by atoms with Gasteiger partial charge in [0.2, 0.25) is 0 Å². The van der Waals surface area contributed by atoms with Gasteiger partial charge in [-0.3, -0.25) is 0 Å². The number of nitrogens with one attached hydrogen (secondary N) is 1. The summed E-state index contributed by atoms with van der Waals surface area (Å²) in [6.07, 6.45) is 8.37. The Labute approximate surface area is 194 Å². The quantitative estimate of drug-likeness (QED) is 0.527. The van der Waals surface area contributed by atoms with Gasteiger partial charge >= 0.3 is 0 Å². The highest BCUT2D eigenvalue weighted by atomic mass is 32.3. The molecular weight excluding hydrogens is 446 g/mol. The minimum Gasteiger partial charge on any atom is -0.370 e. The monoisotopic (exact) mass is 477 g/mol. The molecule has 2 aromatic rings. The summed E-state index contributed by atoms with van der Waals surface area (Å²) in [4.78, 5) is 2.56. The lowest BCUT2D eigenvalue weighted by Gasteiger charge is -2.36. The van der Waals surface area contributed by atoms with Crippen LogP contribution in [-0.4, -0.2) is 38.9 Å². The summed E-state index contributed by atoms with van der Waals surface area (Å²) in [5.41, 5.74) is 4.50. The van der Waals surface area contributed by atoms with Crippen LogP contribution < -0.4 is 9.62 Å². The number of para-hydroxylation sites is 1. The molecule has 5 rings (SSSR count). The van der Waals surface area contributed by atoms with Gasteiger partial charge in [-0.2, -0.15) is 4.31 Å². The zero-order chi connectivity index (χ0) is 21.5. The zero-order valence-electron chi connectivity index (χ0n) is 18.1. The molecule has 2 aliphatic heterocycles. The average molecular weight is 478 g/mol. The fraction of sp³-hybridized carbons (Fsp3) is 0.565. The van der Waals surface area contributed by atoms with Gasteiger partial charge < -0.3 is 9.62 Å². The van der Waals surface area contributed by atoms with Crippen LogP contribution in [0.3, 0.4) is 0 Å². The van der Waals surface area contributed by atoms with Crippen molar-refractivity contribution in [3.05, 3.63) is 35.9 Å². The Morgan fingerprint density at radius 1 is 1.03 bits per heavy atom. The lowest BCUT2D eigenvalue weighted by molar-refractivity contribution is 0.384. The number of piperidine rings is 1. The lowest BCUT2D eigenvalue weighted by Crippen LogP contribution is -2.35. The standard InChI is InChI=1S/C23H31N3O2S3/c1-2-18-6-5-7-19(22(18)25-16-12-23(10-11-23)13-17-25)24-30-20-8-9-21(29-20)31(27,28)26-14-3-4-15-26/h5-9,24H,2-4,10-17H2,1H3. The summed E-state index contributed by atoms with van der Waals surface area (Å²) in [5, 5.41) is 0. The summed E-state index contributed by atoms with van der Waals surface area (Å²) in [6.45, 7) is 5.77. The van der Waals surface area contributed by atoms with Crippen molar-refractivity contribution in [3.8, 4) is 0 Å². The molecule has 1 spiro atoms. The molecule has 0 bridgehead atoms. The van der Waals surface area contributed by atoms with Crippen molar-refractivity contribution in [1.29, 1.82) is 0 Å². The Morgan fingerprint density at radius 2 is 1.77 bits per heavy atom. The molecule has 5 nitrogen and oxygen atoms in total. The second-order valence-corrected chi connectivity index (χ2v) is 13.4.